The van der Waals surface area contributed by atoms with Gasteiger partial charge in [-0.3, -0.25) is 14.4 Å². The average Bonchev–Trinajstić information content (AvgIpc) is 3.42. The van der Waals surface area contributed by atoms with E-state index in [0.29, 0.717) is 19.3 Å². The Kier molecular flexibility index (Phi) is 62.2. The molecule has 0 aliphatic rings. The van der Waals surface area contributed by atoms with Crippen LogP contribution in [-0.2, 0) is 28.6 Å². The standard InChI is InChI=1S/C70H126O6/c1-4-7-10-13-16-19-22-25-28-30-32-34-36-37-39-42-45-48-51-54-57-60-63-69(72)75-66-67(65-74-68(71)62-59-56-53-50-47-44-41-27-24-21-18-15-12-9-6-3)76-70(73)64-61-58-55-52-49-46-43-40-38-35-33-31-29-26-23-20-17-14-11-8-5-2/h9,12,18,21,23,26-27,31,33,41,67H,4-8,10-11,13-17,19-20,22,24-25,28-30,32,34-40,42-66H2,1-3H3/b12-9-,21-18-,26-23-,33-31-,41-27-. The zero-order chi connectivity index (χ0) is 55.0. The van der Waals surface area contributed by atoms with Crippen LogP contribution in [0.2, 0.25) is 0 Å². The van der Waals surface area contributed by atoms with Crippen LogP contribution in [0.25, 0.3) is 0 Å². The van der Waals surface area contributed by atoms with Crippen molar-refractivity contribution < 1.29 is 28.6 Å². The van der Waals surface area contributed by atoms with Gasteiger partial charge in [-0.2, -0.15) is 0 Å². The summed E-state index contributed by atoms with van der Waals surface area (Å²) in [5, 5.41) is 0. The van der Waals surface area contributed by atoms with Crippen LogP contribution >= 0.6 is 0 Å². The first-order valence-corrected chi connectivity index (χ1v) is 33.3. The molecule has 0 saturated carbocycles. The molecule has 0 aliphatic heterocycles. The lowest BCUT2D eigenvalue weighted by molar-refractivity contribution is -0.167. The summed E-state index contributed by atoms with van der Waals surface area (Å²) in [6.45, 7) is 6.56. The minimum atomic E-state index is -0.784. The average molecular weight is 1060 g/mol. The molecule has 0 rings (SSSR count). The van der Waals surface area contributed by atoms with Gasteiger partial charge in [0.25, 0.3) is 0 Å². The summed E-state index contributed by atoms with van der Waals surface area (Å²) in [6, 6.07) is 0. The summed E-state index contributed by atoms with van der Waals surface area (Å²) < 4.78 is 17.0. The summed E-state index contributed by atoms with van der Waals surface area (Å²) in [5.41, 5.74) is 0. The van der Waals surface area contributed by atoms with Gasteiger partial charge in [-0.05, 0) is 83.5 Å². The van der Waals surface area contributed by atoms with E-state index in [4.69, 9.17) is 14.2 Å². The van der Waals surface area contributed by atoms with Gasteiger partial charge in [0.15, 0.2) is 6.10 Å². The van der Waals surface area contributed by atoms with Crippen LogP contribution in [0.4, 0.5) is 0 Å². The minimum Gasteiger partial charge on any atom is -0.462 e. The maximum atomic E-state index is 12.9. The van der Waals surface area contributed by atoms with Crippen molar-refractivity contribution in [3.63, 3.8) is 0 Å². The molecular formula is C70H126O6. The molecule has 0 heterocycles. The molecule has 442 valence electrons. The molecule has 6 nitrogen and oxygen atoms in total. The quantitative estimate of drug-likeness (QED) is 0.0261. The van der Waals surface area contributed by atoms with Crippen LogP contribution in [0.3, 0.4) is 0 Å². The maximum absolute atomic E-state index is 12.9. The van der Waals surface area contributed by atoms with E-state index in [1.54, 1.807) is 0 Å². The Morgan fingerprint density at radius 2 is 0.513 bits per heavy atom. The number of carbonyl (C=O) groups is 3. The smallest absolute Gasteiger partial charge is 0.306 e. The van der Waals surface area contributed by atoms with E-state index in [2.05, 4.69) is 81.5 Å². The summed E-state index contributed by atoms with van der Waals surface area (Å²) in [5.74, 6) is -0.880. The van der Waals surface area contributed by atoms with E-state index in [0.717, 1.165) is 103 Å². The second kappa shape index (κ2) is 64.6. The molecule has 1 unspecified atom stereocenters. The fourth-order valence-corrected chi connectivity index (χ4v) is 9.79. The van der Waals surface area contributed by atoms with Crippen molar-refractivity contribution in [1.29, 1.82) is 0 Å². The topological polar surface area (TPSA) is 78.9 Å². The largest absolute Gasteiger partial charge is 0.462 e. The van der Waals surface area contributed by atoms with Crippen LogP contribution in [0.15, 0.2) is 60.8 Å². The van der Waals surface area contributed by atoms with E-state index in [9.17, 15) is 14.4 Å². The third-order valence-electron chi connectivity index (χ3n) is 14.8. The molecule has 0 bridgehead atoms. The van der Waals surface area contributed by atoms with E-state index in [1.807, 2.05) is 0 Å². The van der Waals surface area contributed by atoms with Crippen molar-refractivity contribution in [3.05, 3.63) is 60.8 Å². The Morgan fingerprint density at radius 3 is 0.803 bits per heavy atom. The van der Waals surface area contributed by atoms with E-state index in [-0.39, 0.29) is 31.1 Å². The van der Waals surface area contributed by atoms with Gasteiger partial charge in [0, 0.05) is 19.3 Å². The molecule has 0 aromatic heterocycles. The van der Waals surface area contributed by atoms with E-state index < -0.39 is 6.10 Å². The van der Waals surface area contributed by atoms with Crippen LogP contribution < -0.4 is 0 Å². The second-order valence-electron chi connectivity index (χ2n) is 22.4. The number of unbranched alkanes of at least 4 members (excludes halogenated alkanes) is 40. The monoisotopic (exact) mass is 1060 g/mol. The number of carbonyl (C=O) groups excluding carboxylic acids is 3. The number of allylic oxidation sites excluding steroid dienone is 10. The first-order valence-electron chi connectivity index (χ1n) is 33.3. The molecular weight excluding hydrogens is 937 g/mol. The molecule has 0 aliphatic carbocycles. The molecule has 6 heteroatoms. The lowest BCUT2D eigenvalue weighted by Gasteiger charge is -2.18. The van der Waals surface area contributed by atoms with Gasteiger partial charge in [0.05, 0.1) is 0 Å². The third-order valence-corrected chi connectivity index (χ3v) is 14.8. The van der Waals surface area contributed by atoms with Gasteiger partial charge in [-0.25, -0.2) is 0 Å². The Bertz CT molecular complexity index is 1360. The van der Waals surface area contributed by atoms with Gasteiger partial charge in [-0.1, -0.05) is 306 Å². The van der Waals surface area contributed by atoms with Crippen molar-refractivity contribution in [3.8, 4) is 0 Å². The molecule has 0 amide bonds. The van der Waals surface area contributed by atoms with Gasteiger partial charge in [0.1, 0.15) is 13.2 Å². The number of ether oxygens (including phenoxy) is 3. The Labute approximate surface area is 472 Å². The Balaban J connectivity index is 4.33. The van der Waals surface area contributed by atoms with E-state index in [1.165, 1.54) is 205 Å². The number of rotatable bonds is 61. The van der Waals surface area contributed by atoms with Crippen molar-refractivity contribution in [1.82, 2.24) is 0 Å². The number of hydrogen-bond acceptors (Lipinski definition) is 6. The number of hydrogen-bond donors (Lipinski definition) is 0. The SMILES string of the molecule is CC/C=C\C/C=C\C/C=C\CCCCCCCC(=O)OCC(COC(=O)CCCCCCCCCCCCCCCCCCCCCCCC)OC(=O)CCCCCCCCCCC/C=C\C/C=C\CCCCCCC. The summed E-state index contributed by atoms with van der Waals surface area (Å²) in [4.78, 5) is 38.4. The predicted molar refractivity (Wildman–Crippen MR) is 330 cm³/mol. The normalized spacial score (nSPS) is 12.4. The highest BCUT2D eigenvalue weighted by Gasteiger charge is 2.19. The lowest BCUT2D eigenvalue weighted by atomic mass is 10.0. The molecule has 0 aromatic carbocycles. The zero-order valence-corrected chi connectivity index (χ0v) is 50.8. The summed E-state index contributed by atoms with van der Waals surface area (Å²) in [6.07, 6.45) is 82.3. The van der Waals surface area contributed by atoms with Gasteiger partial charge >= 0.3 is 17.9 Å². The molecule has 0 aromatic rings. The van der Waals surface area contributed by atoms with Crippen molar-refractivity contribution >= 4 is 17.9 Å². The van der Waals surface area contributed by atoms with Gasteiger partial charge < -0.3 is 14.2 Å². The second-order valence-corrected chi connectivity index (χ2v) is 22.4. The van der Waals surface area contributed by atoms with Crippen molar-refractivity contribution in [2.24, 2.45) is 0 Å². The van der Waals surface area contributed by atoms with Crippen LogP contribution in [0.1, 0.15) is 348 Å². The summed E-state index contributed by atoms with van der Waals surface area (Å²) in [7, 11) is 0. The van der Waals surface area contributed by atoms with Crippen molar-refractivity contribution in [2.75, 3.05) is 13.2 Å². The van der Waals surface area contributed by atoms with Gasteiger partial charge in [-0.15, -0.1) is 0 Å². The highest BCUT2D eigenvalue weighted by molar-refractivity contribution is 5.71. The van der Waals surface area contributed by atoms with Gasteiger partial charge in [0.2, 0.25) is 0 Å². The fourth-order valence-electron chi connectivity index (χ4n) is 9.79. The zero-order valence-electron chi connectivity index (χ0n) is 50.8. The fraction of sp³-hybridized carbons (Fsp3) is 0.814. The van der Waals surface area contributed by atoms with Crippen LogP contribution in [0.5, 0.6) is 0 Å². The summed E-state index contributed by atoms with van der Waals surface area (Å²) >= 11 is 0. The highest BCUT2D eigenvalue weighted by atomic mass is 16.6. The lowest BCUT2D eigenvalue weighted by Crippen LogP contribution is -2.30. The molecule has 0 saturated heterocycles. The first kappa shape index (κ1) is 73.1. The van der Waals surface area contributed by atoms with E-state index >= 15 is 0 Å². The minimum absolute atomic E-state index is 0.0782. The van der Waals surface area contributed by atoms with Crippen LogP contribution in [-0.4, -0.2) is 37.2 Å². The predicted octanol–water partition coefficient (Wildman–Crippen LogP) is 22.7. The molecule has 0 fully saturated rings. The first-order chi connectivity index (χ1) is 37.5. The van der Waals surface area contributed by atoms with Crippen molar-refractivity contribution in [2.45, 2.75) is 354 Å². The third kappa shape index (κ3) is 62.0. The Morgan fingerprint density at radius 1 is 0.276 bits per heavy atom. The molecule has 0 radical (unpaired) electrons. The molecule has 0 N–H and O–H groups in total. The van der Waals surface area contributed by atoms with Crippen LogP contribution in [0, 0.1) is 0 Å². The Hall–Kier alpha value is -2.89. The highest BCUT2D eigenvalue weighted by Crippen LogP contribution is 2.18. The molecule has 0 spiro atoms. The maximum Gasteiger partial charge on any atom is 0.306 e. The molecule has 1 atom stereocenters. The molecule has 76 heavy (non-hydrogen) atoms. The number of esters is 3.